The number of hydrogen-bond donors (Lipinski definition) is 1. The van der Waals surface area contributed by atoms with Crippen LogP contribution >= 0.6 is 23.2 Å². The second-order valence-corrected chi connectivity index (χ2v) is 6.16. The summed E-state index contributed by atoms with van der Waals surface area (Å²) in [6, 6.07) is 7.34. The van der Waals surface area contributed by atoms with Crippen LogP contribution in [-0.4, -0.2) is 11.1 Å². The fourth-order valence-corrected chi connectivity index (χ4v) is 2.78. The maximum Gasteiger partial charge on any atom is 0.344 e. The van der Waals surface area contributed by atoms with Gasteiger partial charge in [0.1, 0.15) is 0 Å². The largest absolute Gasteiger partial charge is 0.479 e. The van der Waals surface area contributed by atoms with E-state index in [9.17, 15) is 4.79 Å². The summed E-state index contributed by atoms with van der Waals surface area (Å²) in [5, 5.41) is 8.95. The molecule has 98 valence electrons. The molecule has 4 heteroatoms. The number of carboxylic acids is 1. The quantitative estimate of drug-likeness (QED) is 0.834. The number of rotatable bonds is 3. The molecule has 0 amide bonds. The van der Waals surface area contributed by atoms with Gasteiger partial charge < -0.3 is 5.11 Å². The highest BCUT2D eigenvalue weighted by Crippen LogP contribution is 2.37. The molecule has 1 aromatic rings. The van der Waals surface area contributed by atoms with E-state index in [4.69, 9.17) is 28.3 Å². The van der Waals surface area contributed by atoms with Crippen molar-refractivity contribution in [1.82, 2.24) is 0 Å². The Bertz CT molecular complexity index is 420. The molecule has 1 N–H and O–H groups in total. The predicted octanol–water partition coefficient (Wildman–Crippen LogP) is 4.45. The topological polar surface area (TPSA) is 37.3 Å². The molecular weight excluding hydrogens is 271 g/mol. The molecule has 0 atom stereocenters. The summed E-state index contributed by atoms with van der Waals surface area (Å²) in [5.41, 5.74) is 1.67. The summed E-state index contributed by atoms with van der Waals surface area (Å²) in [6.07, 6.45) is 6.30. The molecule has 0 aromatic heterocycles. The van der Waals surface area contributed by atoms with Crippen molar-refractivity contribution in [3.63, 3.8) is 0 Å². The van der Waals surface area contributed by atoms with E-state index in [1.54, 1.807) is 12.1 Å². The fraction of sp³-hybridized carbons (Fsp3) is 0.500. The first kappa shape index (κ1) is 13.7. The molecule has 2 rings (SSSR count). The van der Waals surface area contributed by atoms with Crippen molar-refractivity contribution in [1.29, 1.82) is 0 Å². The van der Waals surface area contributed by atoms with Crippen molar-refractivity contribution in [2.24, 2.45) is 0 Å². The van der Waals surface area contributed by atoms with Crippen LogP contribution < -0.4 is 0 Å². The Labute approximate surface area is 117 Å². The van der Waals surface area contributed by atoms with Gasteiger partial charge in [0.15, 0.2) is 0 Å². The molecule has 0 spiro atoms. The lowest BCUT2D eigenvalue weighted by atomic mass is 9.84. The van der Waals surface area contributed by atoms with Gasteiger partial charge in [-0.25, -0.2) is 4.79 Å². The van der Waals surface area contributed by atoms with Crippen molar-refractivity contribution in [2.75, 3.05) is 0 Å². The molecule has 1 fully saturated rings. The minimum atomic E-state index is -1.86. The van der Waals surface area contributed by atoms with Crippen molar-refractivity contribution in [2.45, 2.75) is 42.4 Å². The first-order valence-corrected chi connectivity index (χ1v) is 6.99. The molecule has 18 heavy (non-hydrogen) atoms. The SMILES string of the molecule is O=C(O)C(Cl)(Cl)c1ccc(C2CCCCC2)cc1. The highest BCUT2D eigenvalue weighted by Gasteiger charge is 2.35. The molecule has 0 bridgehead atoms. The molecule has 1 aliphatic rings. The molecule has 0 radical (unpaired) electrons. The van der Waals surface area contributed by atoms with Crippen LogP contribution in [0.25, 0.3) is 0 Å². The first-order chi connectivity index (χ1) is 8.51. The van der Waals surface area contributed by atoms with E-state index in [2.05, 4.69) is 0 Å². The molecule has 1 aliphatic carbocycles. The van der Waals surface area contributed by atoms with E-state index in [-0.39, 0.29) is 0 Å². The van der Waals surface area contributed by atoms with E-state index in [1.807, 2.05) is 12.1 Å². The van der Waals surface area contributed by atoms with Crippen LogP contribution in [0.1, 0.15) is 49.1 Å². The third-order valence-electron chi connectivity index (χ3n) is 3.62. The van der Waals surface area contributed by atoms with Gasteiger partial charge in [-0.1, -0.05) is 66.7 Å². The number of aliphatic carboxylic acids is 1. The highest BCUT2D eigenvalue weighted by molar-refractivity contribution is 6.56. The second kappa shape index (κ2) is 5.50. The lowest BCUT2D eigenvalue weighted by Crippen LogP contribution is -2.22. The number of halogens is 2. The molecule has 0 unspecified atom stereocenters. The minimum Gasteiger partial charge on any atom is -0.479 e. The average molecular weight is 287 g/mol. The molecule has 1 saturated carbocycles. The number of benzene rings is 1. The zero-order valence-corrected chi connectivity index (χ0v) is 11.5. The van der Waals surface area contributed by atoms with Crippen molar-refractivity contribution >= 4 is 29.2 Å². The van der Waals surface area contributed by atoms with Gasteiger partial charge in [-0.05, 0) is 29.9 Å². The van der Waals surface area contributed by atoms with Gasteiger partial charge in [-0.2, -0.15) is 0 Å². The molecular formula is C14H16Cl2O2. The lowest BCUT2D eigenvalue weighted by molar-refractivity contribution is -0.138. The van der Waals surface area contributed by atoms with Crippen LogP contribution in [-0.2, 0) is 9.13 Å². The summed E-state index contributed by atoms with van der Waals surface area (Å²) < 4.78 is -1.86. The van der Waals surface area contributed by atoms with Gasteiger partial charge in [-0.15, -0.1) is 0 Å². The fourth-order valence-electron chi connectivity index (χ4n) is 2.52. The second-order valence-electron chi connectivity index (χ2n) is 4.84. The zero-order valence-electron chi connectivity index (χ0n) is 10.0. The molecule has 0 heterocycles. The van der Waals surface area contributed by atoms with Crippen LogP contribution in [0.3, 0.4) is 0 Å². The molecule has 1 aromatic carbocycles. The molecule has 0 aliphatic heterocycles. The smallest absolute Gasteiger partial charge is 0.344 e. The van der Waals surface area contributed by atoms with Gasteiger partial charge in [-0.3, -0.25) is 0 Å². The van der Waals surface area contributed by atoms with E-state index >= 15 is 0 Å². The summed E-state index contributed by atoms with van der Waals surface area (Å²) in [6.45, 7) is 0. The van der Waals surface area contributed by atoms with Gasteiger partial charge in [0.25, 0.3) is 0 Å². The van der Waals surface area contributed by atoms with Crippen LogP contribution in [0, 0.1) is 0 Å². The van der Waals surface area contributed by atoms with Crippen LogP contribution in [0.4, 0.5) is 0 Å². The number of hydrogen-bond acceptors (Lipinski definition) is 1. The van der Waals surface area contributed by atoms with Crippen LogP contribution in [0.5, 0.6) is 0 Å². The zero-order chi connectivity index (χ0) is 13.2. The molecule has 2 nitrogen and oxygen atoms in total. The first-order valence-electron chi connectivity index (χ1n) is 6.23. The third kappa shape index (κ3) is 2.81. The minimum absolute atomic E-state index is 0.415. The van der Waals surface area contributed by atoms with Crippen molar-refractivity contribution in [3.8, 4) is 0 Å². The Morgan fingerprint density at radius 1 is 1.11 bits per heavy atom. The van der Waals surface area contributed by atoms with Gasteiger partial charge in [0, 0.05) is 0 Å². The van der Waals surface area contributed by atoms with E-state index in [0.29, 0.717) is 11.5 Å². The van der Waals surface area contributed by atoms with E-state index < -0.39 is 10.3 Å². The average Bonchev–Trinajstić information content (AvgIpc) is 2.40. The van der Waals surface area contributed by atoms with Crippen LogP contribution in [0.15, 0.2) is 24.3 Å². The number of alkyl halides is 2. The third-order valence-corrected chi connectivity index (χ3v) is 4.38. The van der Waals surface area contributed by atoms with Gasteiger partial charge in [0.05, 0.1) is 0 Å². The lowest BCUT2D eigenvalue weighted by Gasteiger charge is -2.23. The predicted molar refractivity (Wildman–Crippen MR) is 73.3 cm³/mol. The Balaban J connectivity index is 2.17. The monoisotopic (exact) mass is 286 g/mol. The van der Waals surface area contributed by atoms with Gasteiger partial charge >= 0.3 is 5.97 Å². The maximum absolute atomic E-state index is 10.9. The summed E-state index contributed by atoms with van der Waals surface area (Å²) >= 11 is 11.6. The maximum atomic E-state index is 10.9. The van der Waals surface area contributed by atoms with Crippen molar-refractivity contribution < 1.29 is 9.90 Å². The Hall–Kier alpha value is -0.730. The number of carbonyl (C=O) groups is 1. The van der Waals surface area contributed by atoms with Gasteiger partial charge in [0.2, 0.25) is 4.33 Å². The number of carboxylic acid groups (broad SMARTS) is 1. The molecule has 0 saturated heterocycles. The van der Waals surface area contributed by atoms with E-state index in [1.165, 1.54) is 37.7 Å². The van der Waals surface area contributed by atoms with E-state index in [0.717, 1.165) is 0 Å². The normalized spacial score (nSPS) is 17.7. The Morgan fingerprint density at radius 2 is 1.67 bits per heavy atom. The Morgan fingerprint density at radius 3 is 2.17 bits per heavy atom. The highest BCUT2D eigenvalue weighted by atomic mass is 35.5. The summed E-state index contributed by atoms with van der Waals surface area (Å²) in [7, 11) is 0. The Kier molecular flexibility index (Phi) is 4.18. The van der Waals surface area contributed by atoms with Crippen molar-refractivity contribution in [3.05, 3.63) is 35.4 Å². The van der Waals surface area contributed by atoms with Crippen LogP contribution in [0.2, 0.25) is 0 Å². The summed E-state index contributed by atoms with van der Waals surface area (Å²) in [5.74, 6) is -0.645. The summed E-state index contributed by atoms with van der Waals surface area (Å²) in [4.78, 5) is 10.9. The standard InChI is InChI=1S/C14H16Cl2O2/c15-14(16,13(17)18)12-8-6-11(7-9-12)10-4-2-1-3-5-10/h6-10H,1-5H2,(H,17,18).